The molecular formula is C12H18N4S. The summed E-state index contributed by atoms with van der Waals surface area (Å²) in [5, 5.41) is 11.0. The van der Waals surface area contributed by atoms with Gasteiger partial charge < -0.3 is 5.32 Å². The molecule has 0 aliphatic carbocycles. The molecule has 0 amide bonds. The van der Waals surface area contributed by atoms with Crippen LogP contribution in [0.4, 0.5) is 0 Å². The number of nitrogens with one attached hydrogen (secondary N) is 1. The van der Waals surface area contributed by atoms with Crippen LogP contribution in [0.15, 0.2) is 11.6 Å². The number of aromatic nitrogens is 3. The second-order valence-corrected chi connectivity index (χ2v) is 5.27. The predicted octanol–water partition coefficient (Wildman–Crippen LogP) is 2.34. The third-order valence-corrected chi connectivity index (χ3v) is 3.71. The van der Waals surface area contributed by atoms with Crippen molar-refractivity contribution < 1.29 is 0 Å². The summed E-state index contributed by atoms with van der Waals surface area (Å²) < 4.78 is 1.86. The van der Waals surface area contributed by atoms with Crippen molar-refractivity contribution in [3.05, 3.63) is 33.5 Å². The summed E-state index contributed by atoms with van der Waals surface area (Å²) in [6.45, 7) is 7.04. The molecule has 0 fully saturated rings. The minimum Gasteiger partial charge on any atom is -0.304 e. The molecule has 4 nitrogen and oxygen atoms in total. The fourth-order valence-corrected chi connectivity index (χ4v) is 2.60. The average Bonchev–Trinajstić information content (AvgIpc) is 2.81. The summed E-state index contributed by atoms with van der Waals surface area (Å²) in [4.78, 5) is 4.44. The maximum Gasteiger partial charge on any atom is 0.107 e. The SMILES string of the molecule is Cc1csc(CNC(C)c2cn(C)nc2C)n1. The minimum atomic E-state index is 0.299. The molecule has 2 aromatic rings. The van der Waals surface area contributed by atoms with E-state index in [4.69, 9.17) is 0 Å². The van der Waals surface area contributed by atoms with Gasteiger partial charge in [-0.15, -0.1) is 11.3 Å². The minimum absolute atomic E-state index is 0.299. The summed E-state index contributed by atoms with van der Waals surface area (Å²) in [5.74, 6) is 0. The van der Waals surface area contributed by atoms with E-state index in [-0.39, 0.29) is 0 Å². The molecule has 92 valence electrons. The second-order valence-electron chi connectivity index (χ2n) is 4.33. The highest BCUT2D eigenvalue weighted by molar-refractivity contribution is 7.09. The molecule has 1 N–H and O–H groups in total. The van der Waals surface area contributed by atoms with Gasteiger partial charge in [0, 0.05) is 42.5 Å². The number of hydrogen-bond donors (Lipinski definition) is 1. The monoisotopic (exact) mass is 250 g/mol. The van der Waals surface area contributed by atoms with Gasteiger partial charge in [0.05, 0.1) is 5.69 Å². The van der Waals surface area contributed by atoms with E-state index in [1.54, 1.807) is 11.3 Å². The highest BCUT2D eigenvalue weighted by atomic mass is 32.1. The van der Waals surface area contributed by atoms with Gasteiger partial charge in [-0.05, 0) is 20.8 Å². The lowest BCUT2D eigenvalue weighted by molar-refractivity contribution is 0.570. The zero-order valence-corrected chi connectivity index (χ0v) is 11.5. The largest absolute Gasteiger partial charge is 0.304 e. The first kappa shape index (κ1) is 12.3. The molecule has 0 aliphatic heterocycles. The van der Waals surface area contributed by atoms with Crippen LogP contribution in [-0.2, 0) is 13.6 Å². The van der Waals surface area contributed by atoms with E-state index < -0.39 is 0 Å². The molecule has 0 spiro atoms. The highest BCUT2D eigenvalue weighted by Crippen LogP contribution is 2.17. The third kappa shape index (κ3) is 2.92. The first-order valence-electron chi connectivity index (χ1n) is 5.71. The van der Waals surface area contributed by atoms with Crippen molar-refractivity contribution in [1.82, 2.24) is 20.1 Å². The molecule has 0 aromatic carbocycles. The lowest BCUT2D eigenvalue weighted by Crippen LogP contribution is -2.18. The number of rotatable bonds is 4. The second kappa shape index (κ2) is 4.98. The van der Waals surface area contributed by atoms with E-state index in [2.05, 4.69) is 33.9 Å². The number of aryl methyl sites for hydroxylation is 3. The fraction of sp³-hybridized carbons (Fsp3) is 0.500. The van der Waals surface area contributed by atoms with E-state index in [9.17, 15) is 0 Å². The van der Waals surface area contributed by atoms with Gasteiger partial charge in [-0.3, -0.25) is 4.68 Å². The quantitative estimate of drug-likeness (QED) is 0.905. The third-order valence-electron chi connectivity index (χ3n) is 2.74. The van der Waals surface area contributed by atoms with Crippen LogP contribution in [0.2, 0.25) is 0 Å². The summed E-state index contributed by atoms with van der Waals surface area (Å²) in [6, 6.07) is 0.299. The van der Waals surface area contributed by atoms with Crippen LogP contribution in [0.25, 0.3) is 0 Å². The van der Waals surface area contributed by atoms with Crippen LogP contribution in [-0.4, -0.2) is 14.8 Å². The Labute approximate surface area is 106 Å². The first-order chi connectivity index (χ1) is 8.06. The lowest BCUT2D eigenvalue weighted by Gasteiger charge is -2.11. The molecule has 17 heavy (non-hydrogen) atoms. The summed E-state index contributed by atoms with van der Waals surface area (Å²) in [6.07, 6.45) is 2.07. The molecule has 0 aliphatic rings. The van der Waals surface area contributed by atoms with E-state index in [1.165, 1.54) is 5.56 Å². The Morgan fingerprint density at radius 3 is 2.76 bits per heavy atom. The summed E-state index contributed by atoms with van der Waals surface area (Å²) in [7, 11) is 1.95. The molecule has 2 rings (SSSR count). The summed E-state index contributed by atoms with van der Waals surface area (Å²) in [5.41, 5.74) is 3.43. The molecule has 5 heteroatoms. The molecule has 0 saturated carbocycles. The molecule has 0 bridgehead atoms. The van der Waals surface area contributed by atoms with E-state index in [0.717, 1.165) is 22.9 Å². The van der Waals surface area contributed by atoms with Crippen LogP contribution in [0.3, 0.4) is 0 Å². The Hall–Kier alpha value is -1.20. The first-order valence-corrected chi connectivity index (χ1v) is 6.58. The maximum absolute atomic E-state index is 4.44. The van der Waals surface area contributed by atoms with E-state index in [1.807, 2.05) is 25.6 Å². The average molecular weight is 250 g/mol. The van der Waals surface area contributed by atoms with Crippen LogP contribution in [0.5, 0.6) is 0 Å². The number of nitrogens with zero attached hydrogens (tertiary/aromatic N) is 3. The van der Waals surface area contributed by atoms with Crippen molar-refractivity contribution in [2.24, 2.45) is 7.05 Å². The zero-order chi connectivity index (χ0) is 12.4. The van der Waals surface area contributed by atoms with Gasteiger partial charge in [-0.2, -0.15) is 5.10 Å². The normalized spacial score (nSPS) is 12.9. The topological polar surface area (TPSA) is 42.7 Å². The Balaban J connectivity index is 1.97. The Morgan fingerprint density at radius 2 is 2.24 bits per heavy atom. The lowest BCUT2D eigenvalue weighted by atomic mass is 10.1. The molecule has 2 heterocycles. The van der Waals surface area contributed by atoms with Gasteiger partial charge >= 0.3 is 0 Å². The Kier molecular flexibility index (Phi) is 3.59. The van der Waals surface area contributed by atoms with Crippen LogP contribution >= 0.6 is 11.3 Å². The van der Waals surface area contributed by atoms with Crippen molar-refractivity contribution in [1.29, 1.82) is 0 Å². The van der Waals surface area contributed by atoms with Crippen molar-refractivity contribution in [2.45, 2.75) is 33.4 Å². The predicted molar refractivity (Wildman–Crippen MR) is 70.1 cm³/mol. The van der Waals surface area contributed by atoms with Gasteiger partial charge in [-0.1, -0.05) is 0 Å². The van der Waals surface area contributed by atoms with Gasteiger partial charge in [0.2, 0.25) is 0 Å². The molecule has 2 aromatic heterocycles. The zero-order valence-electron chi connectivity index (χ0n) is 10.7. The molecule has 1 unspecified atom stereocenters. The van der Waals surface area contributed by atoms with Gasteiger partial charge in [-0.25, -0.2) is 4.98 Å². The van der Waals surface area contributed by atoms with Crippen molar-refractivity contribution >= 4 is 11.3 Å². The molecule has 1 atom stereocenters. The smallest absolute Gasteiger partial charge is 0.107 e. The van der Waals surface area contributed by atoms with Gasteiger partial charge in [0.1, 0.15) is 5.01 Å². The molecule has 0 saturated heterocycles. The van der Waals surface area contributed by atoms with Crippen LogP contribution < -0.4 is 5.32 Å². The Bertz CT molecular complexity index is 500. The van der Waals surface area contributed by atoms with E-state index >= 15 is 0 Å². The number of hydrogen-bond acceptors (Lipinski definition) is 4. The van der Waals surface area contributed by atoms with Crippen LogP contribution in [0, 0.1) is 13.8 Å². The number of thiazole rings is 1. The fourth-order valence-electron chi connectivity index (χ4n) is 1.88. The maximum atomic E-state index is 4.44. The van der Waals surface area contributed by atoms with E-state index in [0.29, 0.717) is 6.04 Å². The van der Waals surface area contributed by atoms with Crippen molar-refractivity contribution in [3.63, 3.8) is 0 Å². The molecule has 0 radical (unpaired) electrons. The van der Waals surface area contributed by atoms with Gasteiger partial charge in [0.15, 0.2) is 0 Å². The highest BCUT2D eigenvalue weighted by Gasteiger charge is 2.11. The van der Waals surface area contributed by atoms with Crippen molar-refractivity contribution in [3.8, 4) is 0 Å². The van der Waals surface area contributed by atoms with Crippen LogP contribution in [0.1, 0.15) is 34.9 Å². The van der Waals surface area contributed by atoms with Gasteiger partial charge in [0.25, 0.3) is 0 Å². The Morgan fingerprint density at radius 1 is 1.47 bits per heavy atom. The summed E-state index contributed by atoms with van der Waals surface area (Å²) >= 11 is 1.70. The molecular weight excluding hydrogens is 232 g/mol. The van der Waals surface area contributed by atoms with Crippen molar-refractivity contribution in [2.75, 3.05) is 0 Å². The standard InChI is InChI=1S/C12H18N4S/c1-8-7-17-12(14-8)5-13-9(2)11-6-16(4)15-10(11)3/h6-7,9,13H,5H2,1-4H3.